The van der Waals surface area contributed by atoms with Gasteiger partial charge in [-0.25, -0.2) is 8.98 Å². The van der Waals surface area contributed by atoms with E-state index in [4.69, 9.17) is 9.79 Å². The minimum atomic E-state index is -5.02. The molecule has 2 N–H and O–H groups in total. The van der Waals surface area contributed by atoms with Crippen molar-refractivity contribution in [3.63, 3.8) is 0 Å². The minimum absolute atomic E-state index is 0.554. The lowest BCUT2D eigenvalue weighted by molar-refractivity contribution is -0.145. The molecule has 8 nitrogen and oxygen atoms in total. The smallest absolute Gasteiger partial charge is 0.367 e. The first-order valence-electron chi connectivity index (χ1n) is 3.09. The molecule has 0 rings (SSSR count). The SMILES string of the molecule is COC(=O)C(OS(C)(=O)=O)P(=O)(O)O. The second kappa shape index (κ2) is 4.37. The number of hydrogen-bond donors (Lipinski definition) is 2. The predicted octanol–water partition coefficient (Wildman–Crippen LogP) is -1.36. The lowest BCUT2D eigenvalue weighted by atomic mass is 10.7. The summed E-state index contributed by atoms with van der Waals surface area (Å²) in [6.45, 7) is 0. The molecule has 0 aliphatic heterocycles. The van der Waals surface area contributed by atoms with Crippen LogP contribution >= 0.6 is 7.60 Å². The Balaban J connectivity index is 4.96. The maximum atomic E-state index is 10.7. The van der Waals surface area contributed by atoms with E-state index in [1.54, 1.807) is 0 Å². The normalized spacial score (nSPS) is 14.9. The number of carbonyl (C=O) groups excluding carboxylic acids is 1. The van der Waals surface area contributed by atoms with Crippen LogP contribution in [-0.2, 0) is 28.4 Å². The van der Waals surface area contributed by atoms with Crippen LogP contribution in [0.25, 0.3) is 0 Å². The van der Waals surface area contributed by atoms with E-state index in [0.717, 1.165) is 7.11 Å². The quantitative estimate of drug-likeness (QED) is 0.354. The van der Waals surface area contributed by atoms with E-state index in [2.05, 4.69) is 8.92 Å². The largest absolute Gasteiger partial charge is 0.467 e. The molecular formula is C4H9O8PS. The molecule has 10 heteroatoms. The zero-order valence-corrected chi connectivity index (χ0v) is 8.99. The molecule has 0 spiro atoms. The molecule has 14 heavy (non-hydrogen) atoms. The van der Waals surface area contributed by atoms with Gasteiger partial charge in [-0.15, -0.1) is 0 Å². The van der Waals surface area contributed by atoms with Crippen molar-refractivity contribution in [3.8, 4) is 0 Å². The molecule has 0 fully saturated rings. The third-order valence-corrected chi connectivity index (χ3v) is 2.59. The average Bonchev–Trinajstić information content (AvgIpc) is 1.95. The third kappa shape index (κ3) is 4.68. The summed E-state index contributed by atoms with van der Waals surface area (Å²) in [5.74, 6) is -3.90. The van der Waals surface area contributed by atoms with Crippen LogP contribution in [0.1, 0.15) is 0 Å². The molecule has 0 aromatic heterocycles. The highest BCUT2D eigenvalue weighted by atomic mass is 32.2. The fourth-order valence-electron chi connectivity index (χ4n) is 0.499. The van der Waals surface area contributed by atoms with Gasteiger partial charge in [-0.2, -0.15) is 8.42 Å². The van der Waals surface area contributed by atoms with E-state index in [1.807, 2.05) is 0 Å². The van der Waals surface area contributed by atoms with Gasteiger partial charge in [-0.1, -0.05) is 0 Å². The van der Waals surface area contributed by atoms with Crippen molar-refractivity contribution in [1.29, 1.82) is 0 Å². The Hall–Kier alpha value is -0.470. The van der Waals surface area contributed by atoms with Crippen molar-refractivity contribution in [1.82, 2.24) is 0 Å². The Morgan fingerprint density at radius 1 is 1.43 bits per heavy atom. The zero-order valence-electron chi connectivity index (χ0n) is 7.28. The molecule has 0 saturated heterocycles. The fourth-order valence-corrected chi connectivity index (χ4v) is 2.21. The van der Waals surface area contributed by atoms with Gasteiger partial charge < -0.3 is 14.5 Å². The topological polar surface area (TPSA) is 127 Å². The van der Waals surface area contributed by atoms with Crippen LogP contribution in [0.4, 0.5) is 0 Å². The molecule has 84 valence electrons. The van der Waals surface area contributed by atoms with E-state index < -0.39 is 29.5 Å². The van der Waals surface area contributed by atoms with Gasteiger partial charge in [-0.05, 0) is 0 Å². The highest BCUT2D eigenvalue weighted by Gasteiger charge is 2.40. The van der Waals surface area contributed by atoms with Gasteiger partial charge >= 0.3 is 13.6 Å². The molecular weight excluding hydrogens is 239 g/mol. The fraction of sp³-hybridized carbons (Fsp3) is 0.750. The number of ether oxygens (including phenoxy) is 1. The summed E-state index contributed by atoms with van der Waals surface area (Å²) < 4.78 is 39.5. The number of esters is 1. The van der Waals surface area contributed by atoms with Crippen molar-refractivity contribution in [2.24, 2.45) is 0 Å². The van der Waals surface area contributed by atoms with Crippen molar-refractivity contribution in [3.05, 3.63) is 0 Å². The standard InChI is InChI=1S/C4H9O8PS/c1-11-3(5)4(13(6,7)8)12-14(2,9)10/h4H,1-2H3,(H2,6,7,8). The Morgan fingerprint density at radius 2 is 1.86 bits per heavy atom. The summed E-state index contributed by atoms with van der Waals surface area (Å²) in [6.07, 6.45) is 0.554. The van der Waals surface area contributed by atoms with Gasteiger partial charge in [0.05, 0.1) is 13.4 Å². The Labute approximate surface area is 80.1 Å². The molecule has 1 atom stereocenters. The number of hydrogen-bond acceptors (Lipinski definition) is 6. The summed E-state index contributed by atoms with van der Waals surface area (Å²) in [7, 11) is -8.33. The third-order valence-electron chi connectivity index (χ3n) is 0.974. The van der Waals surface area contributed by atoms with Gasteiger partial charge in [0.15, 0.2) is 0 Å². The average molecular weight is 248 g/mol. The van der Waals surface area contributed by atoms with Crippen LogP contribution in [-0.4, -0.2) is 43.4 Å². The molecule has 0 radical (unpaired) electrons. The van der Waals surface area contributed by atoms with Gasteiger partial charge in [0.25, 0.3) is 16.0 Å². The van der Waals surface area contributed by atoms with Crippen molar-refractivity contribution >= 4 is 23.7 Å². The summed E-state index contributed by atoms with van der Waals surface area (Å²) >= 11 is 0. The minimum Gasteiger partial charge on any atom is -0.467 e. The van der Waals surface area contributed by atoms with Crippen molar-refractivity contribution in [2.45, 2.75) is 5.85 Å². The second-order valence-electron chi connectivity index (χ2n) is 2.26. The van der Waals surface area contributed by atoms with Gasteiger partial charge in [0.1, 0.15) is 0 Å². The molecule has 0 saturated carbocycles. The van der Waals surface area contributed by atoms with E-state index in [0.29, 0.717) is 6.26 Å². The highest BCUT2D eigenvalue weighted by molar-refractivity contribution is 7.86. The zero-order chi connectivity index (χ0) is 11.6. The number of carbonyl (C=O) groups is 1. The van der Waals surface area contributed by atoms with E-state index >= 15 is 0 Å². The first-order chi connectivity index (χ1) is 6.08. The molecule has 0 aromatic rings. The predicted molar refractivity (Wildman–Crippen MR) is 43.8 cm³/mol. The summed E-state index contributed by atoms with van der Waals surface area (Å²) in [4.78, 5) is 27.9. The molecule has 1 unspecified atom stereocenters. The first-order valence-corrected chi connectivity index (χ1v) is 6.59. The number of rotatable bonds is 4. The molecule has 0 aliphatic carbocycles. The van der Waals surface area contributed by atoms with Crippen LogP contribution in [0.5, 0.6) is 0 Å². The molecule has 0 aromatic carbocycles. The Kier molecular flexibility index (Phi) is 4.22. The molecule has 0 heterocycles. The van der Waals surface area contributed by atoms with Crippen molar-refractivity contribution < 1.29 is 36.5 Å². The van der Waals surface area contributed by atoms with Crippen LogP contribution < -0.4 is 0 Å². The first kappa shape index (κ1) is 13.5. The summed E-state index contributed by atoms with van der Waals surface area (Å²) in [5.41, 5.74) is 0. The van der Waals surface area contributed by atoms with Gasteiger partial charge in [0, 0.05) is 0 Å². The van der Waals surface area contributed by atoms with Crippen LogP contribution in [0.3, 0.4) is 0 Å². The van der Waals surface area contributed by atoms with Crippen LogP contribution in [0, 0.1) is 0 Å². The van der Waals surface area contributed by atoms with Crippen LogP contribution in [0.2, 0.25) is 0 Å². The molecule has 0 amide bonds. The summed E-state index contributed by atoms with van der Waals surface area (Å²) in [6, 6.07) is 0. The van der Waals surface area contributed by atoms with E-state index in [1.165, 1.54) is 0 Å². The van der Waals surface area contributed by atoms with Crippen molar-refractivity contribution in [2.75, 3.05) is 13.4 Å². The lowest BCUT2D eigenvalue weighted by Crippen LogP contribution is -2.28. The molecule has 0 bridgehead atoms. The summed E-state index contributed by atoms with van der Waals surface area (Å²) in [5, 5.41) is 0. The van der Waals surface area contributed by atoms with Gasteiger partial charge in [-0.3, -0.25) is 4.57 Å². The maximum Gasteiger partial charge on any atom is 0.367 e. The molecule has 0 aliphatic rings. The van der Waals surface area contributed by atoms with Crippen LogP contribution in [0.15, 0.2) is 0 Å². The highest BCUT2D eigenvalue weighted by Crippen LogP contribution is 2.42. The van der Waals surface area contributed by atoms with E-state index in [9.17, 15) is 17.8 Å². The lowest BCUT2D eigenvalue weighted by Gasteiger charge is -2.14. The van der Waals surface area contributed by atoms with Gasteiger partial charge in [0.2, 0.25) is 0 Å². The monoisotopic (exact) mass is 248 g/mol. The Morgan fingerprint density at radius 3 is 2.07 bits per heavy atom. The number of methoxy groups -OCH3 is 1. The van der Waals surface area contributed by atoms with E-state index in [-0.39, 0.29) is 0 Å². The Bertz CT molecular complexity index is 352. The maximum absolute atomic E-state index is 10.7. The second-order valence-corrected chi connectivity index (χ2v) is 5.51.